The molecule has 2 N–H and O–H groups in total. The number of ether oxygens (including phenoxy) is 3. The van der Waals surface area contributed by atoms with E-state index in [4.69, 9.17) is 4.74 Å². The van der Waals surface area contributed by atoms with Crippen LogP contribution < -0.4 is 10.6 Å². The molecule has 1 aromatic heterocycles. The molecule has 0 unspecified atom stereocenters. The molecule has 1 rings (SSSR count). The van der Waals surface area contributed by atoms with Gasteiger partial charge < -0.3 is 24.8 Å². The Morgan fingerprint density at radius 3 is 2.32 bits per heavy atom. The smallest absolute Gasteiger partial charge is 0.408 e. The first-order valence-electron chi connectivity index (χ1n) is 11.0. The molecule has 10 heteroatoms. The van der Waals surface area contributed by atoms with Crippen LogP contribution in [-0.2, 0) is 28.6 Å². The average molecular weight is 478 g/mol. The quantitative estimate of drug-likeness (QED) is 0.282. The van der Waals surface area contributed by atoms with Crippen molar-refractivity contribution in [2.45, 2.75) is 64.6 Å². The van der Waals surface area contributed by atoms with E-state index in [-0.39, 0.29) is 31.1 Å². The third kappa shape index (κ3) is 10.9. The third-order valence-corrected chi connectivity index (χ3v) is 4.69. The number of nitrogens with zero attached hydrogens (tertiary/aromatic N) is 1. The van der Waals surface area contributed by atoms with Crippen molar-refractivity contribution >= 4 is 23.9 Å². The first kappa shape index (κ1) is 28.6. The van der Waals surface area contributed by atoms with Crippen molar-refractivity contribution in [3.8, 4) is 0 Å². The standard InChI is InChI=1S/C24H35N3O7/c1-16(9-7-11-19(28)32-5)21(17-10-8-14-25-15-17)27-22(30)18(12-13-20(29)33-6)26-23(31)34-24(2,3)4/h7-10,14-16,18,21H,11-13H2,1-6H3,(H,26,31)(H,27,30)/b9-7+/t16-,18-,21+/m0/s1. The molecule has 0 aliphatic rings. The highest BCUT2D eigenvalue weighted by Crippen LogP contribution is 2.23. The Kier molecular flexibility index (Phi) is 11.8. The van der Waals surface area contributed by atoms with Crippen LogP contribution in [0.3, 0.4) is 0 Å². The number of aromatic nitrogens is 1. The van der Waals surface area contributed by atoms with Gasteiger partial charge >= 0.3 is 18.0 Å². The van der Waals surface area contributed by atoms with Gasteiger partial charge in [-0.25, -0.2) is 4.79 Å². The predicted octanol–water partition coefficient (Wildman–Crippen LogP) is 2.84. The molecule has 2 amide bonds. The highest BCUT2D eigenvalue weighted by atomic mass is 16.6. The molecule has 0 fully saturated rings. The van der Waals surface area contributed by atoms with Crippen molar-refractivity contribution in [2.24, 2.45) is 5.92 Å². The van der Waals surface area contributed by atoms with Crippen LogP contribution in [0.4, 0.5) is 4.79 Å². The van der Waals surface area contributed by atoms with Gasteiger partial charge in [-0.1, -0.05) is 25.1 Å². The maximum absolute atomic E-state index is 13.2. The number of alkyl carbamates (subject to hydrolysis) is 1. The molecule has 1 heterocycles. The minimum absolute atomic E-state index is 0.0179. The molecule has 0 saturated carbocycles. The van der Waals surface area contributed by atoms with Crippen molar-refractivity contribution in [1.29, 1.82) is 0 Å². The second-order valence-electron chi connectivity index (χ2n) is 8.65. The van der Waals surface area contributed by atoms with Crippen LogP contribution in [0.1, 0.15) is 58.6 Å². The number of hydrogen-bond acceptors (Lipinski definition) is 8. The maximum Gasteiger partial charge on any atom is 0.408 e. The zero-order valence-electron chi connectivity index (χ0n) is 20.6. The van der Waals surface area contributed by atoms with Gasteiger partial charge in [0.25, 0.3) is 0 Å². The average Bonchev–Trinajstić information content (AvgIpc) is 2.78. The largest absolute Gasteiger partial charge is 0.469 e. The summed E-state index contributed by atoms with van der Waals surface area (Å²) in [5, 5.41) is 5.46. The van der Waals surface area contributed by atoms with Crippen molar-refractivity contribution in [1.82, 2.24) is 15.6 Å². The fourth-order valence-electron chi connectivity index (χ4n) is 2.99. The van der Waals surface area contributed by atoms with Crippen LogP contribution in [0.25, 0.3) is 0 Å². The number of methoxy groups -OCH3 is 2. The van der Waals surface area contributed by atoms with Gasteiger partial charge in [0.05, 0.1) is 26.7 Å². The number of esters is 2. The minimum atomic E-state index is -1.04. The Balaban J connectivity index is 3.08. The lowest BCUT2D eigenvalue weighted by atomic mass is 9.94. The van der Waals surface area contributed by atoms with Gasteiger partial charge in [-0.2, -0.15) is 0 Å². The van der Waals surface area contributed by atoms with Crippen molar-refractivity contribution in [3.63, 3.8) is 0 Å². The summed E-state index contributed by atoms with van der Waals surface area (Å²) in [5.74, 6) is -1.63. The summed E-state index contributed by atoms with van der Waals surface area (Å²) >= 11 is 0. The summed E-state index contributed by atoms with van der Waals surface area (Å²) in [6, 6.07) is 2.00. The highest BCUT2D eigenvalue weighted by molar-refractivity contribution is 5.86. The molecular weight excluding hydrogens is 442 g/mol. The summed E-state index contributed by atoms with van der Waals surface area (Å²) < 4.78 is 14.6. The second-order valence-corrected chi connectivity index (χ2v) is 8.65. The number of pyridine rings is 1. The van der Waals surface area contributed by atoms with Crippen molar-refractivity contribution in [2.75, 3.05) is 14.2 Å². The number of hydrogen-bond donors (Lipinski definition) is 2. The lowest BCUT2D eigenvalue weighted by Gasteiger charge is -2.27. The molecule has 0 radical (unpaired) electrons. The van der Waals surface area contributed by atoms with Crippen LogP contribution in [0, 0.1) is 5.92 Å². The van der Waals surface area contributed by atoms with E-state index in [1.165, 1.54) is 14.2 Å². The highest BCUT2D eigenvalue weighted by Gasteiger charge is 2.28. The molecule has 0 spiro atoms. The van der Waals surface area contributed by atoms with E-state index in [9.17, 15) is 19.2 Å². The van der Waals surface area contributed by atoms with Gasteiger partial charge in [-0.05, 0) is 44.7 Å². The molecule has 3 atom stereocenters. The van der Waals surface area contributed by atoms with Crippen LogP contribution >= 0.6 is 0 Å². The minimum Gasteiger partial charge on any atom is -0.469 e. The van der Waals surface area contributed by atoms with Crippen LogP contribution in [0.2, 0.25) is 0 Å². The monoisotopic (exact) mass is 477 g/mol. The lowest BCUT2D eigenvalue weighted by Crippen LogP contribution is -2.49. The Bertz CT molecular complexity index is 850. The van der Waals surface area contributed by atoms with Gasteiger partial charge in [0.2, 0.25) is 5.91 Å². The van der Waals surface area contributed by atoms with Crippen LogP contribution in [-0.4, -0.2) is 54.8 Å². The molecule has 0 aliphatic carbocycles. The summed E-state index contributed by atoms with van der Waals surface area (Å²) in [5.41, 5.74) is -0.0277. The Hall–Kier alpha value is -3.43. The van der Waals surface area contributed by atoms with E-state index in [1.807, 2.05) is 13.0 Å². The fourth-order valence-corrected chi connectivity index (χ4v) is 2.99. The van der Waals surface area contributed by atoms with Gasteiger partial charge in [0.15, 0.2) is 0 Å². The van der Waals surface area contributed by atoms with Crippen molar-refractivity contribution < 1.29 is 33.4 Å². The van der Waals surface area contributed by atoms with E-state index < -0.39 is 35.7 Å². The maximum atomic E-state index is 13.2. The van der Waals surface area contributed by atoms with Gasteiger partial charge in [0, 0.05) is 18.8 Å². The number of carbonyl (C=O) groups excluding carboxylic acids is 4. The Morgan fingerprint density at radius 2 is 1.76 bits per heavy atom. The number of rotatable bonds is 11. The summed E-state index contributed by atoms with van der Waals surface area (Å²) in [6.07, 6.45) is 5.96. The molecule has 188 valence electrons. The van der Waals surface area contributed by atoms with E-state index >= 15 is 0 Å². The fraction of sp³-hybridized carbons (Fsp3) is 0.542. The van der Waals surface area contributed by atoms with Crippen LogP contribution in [0.15, 0.2) is 36.7 Å². The molecule has 0 aliphatic heterocycles. The van der Waals surface area contributed by atoms with Gasteiger partial charge in [-0.15, -0.1) is 0 Å². The first-order chi connectivity index (χ1) is 16.0. The third-order valence-electron chi connectivity index (χ3n) is 4.69. The molecule has 0 saturated heterocycles. The summed E-state index contributed by atoms with van der Waals surface area (Å²) in [6.45, 7) is 6.99. The first-order valence-corrected chi connectivity index (χ1v) is 11.0. The molecule has 1 aromatic rings. The van der Waals surface area contributed by atoms with E-state index in [2.05, 4.69) is 25.1 Å². The lowest BCUT2D eigenvalue weighted by molar-refractivity contribution is -0.141. The van der Waals surface area contributed by atoms with Gasteiger partial charge in [-0.3, -0.25) is 19.4 Å². The van der Waals surface area contributed by atoms with E-state index in [0.717, 1.165) is 5.56 Å². The zero-order chi connectivity index (χ0) is 25.7. The molecule has 34 heavy (non-hydrogen) atoms. The molecular formula is C24H35N3O7. The second kappa shape index (κ2) is 14.0. The van der Waals surface area contributed by atoms with E-state index in [1.54, 1.807) is 51.4 Å². The summed E-state index contributed by atoms with van der Waals surface area (Å²) in [7, 11) is 2.56. The number of carbonyl (C=O) groups is 4. The molecule has 0 aromatic carbocycles. The van der Waals surface area contributed by atoms with Crippen molar-refractivity contribution in [3.05, 3.63) is 42.2 Å². The normalized spacial score (nSPS) is 13.9. The predicted molar refractivity (Wildman–Crippen MR) is 124 cm³/mol. The number of amides is 2. The zero-order valence-corrected chi connectivity index (χ0v) is 20.6. The molecule has 10 nitrogen and oxygen atoms in total. The number of nitrogens with one attached hydrogen (secondary N) is 2. The summed E-state index contributed by atoms with van der Waals surface area (Å²) in [4.78, 5) is 52.7. The SMILES string of the molecule is COC(=O)C/C=C/[C@H](C)[C@@H](NC(=O)[C@H](CCC(=O)OC)NC(=O)OC(C)(C)C)c1cccnc1. The Labute approximate surface area is 200 Å². The van der Waals surface area contributed by atoms with Gasteiger partial charge in [0.1, 0.15) is 11.6 Å². The van der Waals surface area contributed by atoms with E-state index in [0.29, 0.717) is 0 Å². The topological polar surface area (TPSA) is 133 Å². The van der Waals surface area contributed by atoms with Crippen LogP contribution in [0.5, 0.6) is 0 Å². The molecule has 0 bridgehead atoms. The Morgan fingerprint density at radius 1 is 1.09 bits per heavy atom.